The first-order valence-corrected chi connectivity index (χ1v) is 9.59. The van der Waals surface area contributed by atoms with E-state index in [1.807, 2.05) is 12.1 Å². The van der Waals surface area contributed by atoms with Gasteiger partial charge in [-0.25, -0.2) is 0 Å². The number of para-hydroxylation sites is 1. The van der Waals surface area contributed by atoms with Crippen LogP contribution in [-0.4, -0.2) is 17.6 Å². The van der Waals surface area contributed by atoms with E-state index in [1.165, 1.54) is 22.5 Å². The van der Waals surface area contributed by atoms with Crippen molar-refractivity contribution in [3.63, 3.8) is 0 Å². The van der Waals surface area contributed by atoms with E-state index in [4.69, 9.17) is 9.15 Å². The van der Waals surface area contributed by atoms with Crippen LogP contribution in [0.5, 0.6) is 5.75 Å². The summed E-state index contributed by atoms with van der Waals surface area (Å²) in [5, 5.41) is 0.818. The van der Waals surface area contributed by atoms with Crippen LogP contribution in [0.3, 0.4) is 0 Å². The molecule has 2 heterocycles. The second kappa shape index (κ2) is 6.70. The molecule has 2 aromatic carbocycles. The monoisotopic (exact) mass is 380 g/mol. The molecule has 5 nitrogen and oxygen atoms in total. The van der Waals surface area contributed by atoms with E-state index in [-0.39, 0.29) is 5.76 Å². The van der Waals surface area contributed by atoms with Gasteiger partial charge >= 0.3 is 5.91 Å². The lowest BCUT2D eigenvalue weighted by Crippen LogP contribution is -2.15. The molecule has 2 aromatic heterocycles. The number of aryl methyl sites for hydroxylation is 3. The lowest BCUT2D eigenvalue weighted by atomic mass is 10.1. The summed E-state index contributed by atoms with van der Waals surface area (Å²) in [6.45, 7) is 6.98. The molecule has 27 heavy (non-hydrogen) atoms. The molecule has 0 spiro atoms. The minimum atomic E-state index is -0.393. The first-order chi connectivity index (χ1) is 13.0. The predicted octanol–water partition coefficient (Wildman–Crippen LogP) is 4.84. The number of hydrogen-bond acceptors (Lipinski definition) is 4. The average molecular weight is 380 g/mol. The van der Waals surface area contributed by atoms with Crippen LogP contribution in [-0.2, 0) is 6.54 Å². The van der Waals surface area contributed by atoms with Gasteiger partial charge in [-0.2, -0.15) is 4.99 Å². The molecule has 0 radical (unpaired) electrons. The molecule has 0 fully saturated rings. The van der Waals surface area contributed by atoms with Crippen molar-refractivity contribution in [3.05, 3.63) is 58.1 Å². The lowest BCUT2D eigenvalue weighted by molar-refractivity contribution is 0.0973. The summed E-state index contributed by atoms with van der Waals surface area (Å²) in [5.41, 5.74) is 4.12. The Kier molecular flexibility index (Phi) is 4.36. The summed E-state index contributed by atoms with van der Waals surface area (Å²) in [6, 6.07) is 11.6. The minimum absolute atomic E-state index is 0.210. The van der Waals surface area contributed by atoms with Crippen LogP contribution in [0.2, 0.25) is 0 Å². The number of nitrogens with zero attached hydrogens (tertiary/aromatic N) is 2. The third-order valence-electron chi connectivity index (χ3n) is 4.75. The van der Waals surface area contributed by atoms with E-state index in [0.29, 0.717) is 16.1 Å². The van der Waals surface area contributed by atoms with Crippen LogP contribution in [0.4, 0.5) is 0 Å². The van der Waals surface area contributed by atoms with Crippen LogP contribution >= 0.6 is 11.3 Å². The number of thiazole rings is 1. The van der Waals surface area contributed by atoms with Crippen molar-refractivity contribution in [2.24, 2.45) is 4.99 Å². The largest absolute Gasteiger partial charge is 0.493 e. The predicted molar refractivity (Wildman–Crippen MR) is 108 cm³/mol. The number of rotatable bonds is 3. The number of hydrogen-bond donors (Lipinski definition) is 0. The van der Waals surface area contributed by atoms with Crippen LogP contribution in [0.1, 0.15) is 28.6 Å². The minimum Gasteiger partial charge on any atom is -0.493 e. The van der Waals surface area contributed by atoms with Gasteiger partial charge in [-0.3, -0.25) is 4.79 Å². The summed E-state index contributed by atoms with van der Waals surface area (Å²) in [6.07, 6.45) is 0. The topological polar surface area (TPSA) is 56.7 Å². The molecular formula is C21H20N2O3S. The summed E-state index contributed by atoms with van der Waals surface area (Å²) >= 11 is 1.52. The van der Waals surface area contributed by atoms with Gasteiger partial charge in [0.25, 0.3) is 0 Å². The zero-order valence-corrected chi connectivity index (χ0v) is 16.5. The zero-order chi connectivity index (χ0) is 19.1. The van der Waals surface area contributed by atoms with Gasteiger partial charge in [0.2, 0.25) is 0 Å². The normalized spacial score (nSPS) is 12.2. The summed E-state index contributed by atoms with van der Waals surface area (Å²) in [5.74, 6) is 0.417. The fraction of sp³-hybridized carbons (Fsp3) is 0.238. The van der Waals surface area contributed by atoms with Gasteiger partial charge in [-0.05, 0) is 56.2 Å². The van der Waals surface area contributed by atoms with Gasteiger partial charge in [0.05, 0.1) is 17.3 Å². The molecule has 0 saturated heterocycles. The molecule has 4 aromatic rings. The lowest BCUT2D eigenvalue weighted by Gasteiger charge is -2.03. The highest BCUT2D eigenvalue weighted by Gasteiger charge is 2.15. The molecular weight excluding hydrogens is 360 g/mol. The van der Waals surface area contributed by atoms with Crippen LogP contribution < -0.4 is 9.54 Å². The Bertz CT molecular complexity index is 1240. The number of amides is 1. The Morgan fingerprint density at radius 1 is 1.22 bits per heavy atom. The van der Waals surface area contributed by atoms with E-state index in [9.17, 15) is 4.79 Å². The van der Waals surface area contributed by atoms with Gasteiger partial charge in [0.15, 0.2) is 21.9 Å². The van der Waals surface area contributed by atoms with Gasteiger partial charge in [-0.15, -0.1) is 0 Å². The maximum Gasteiger partial charge on any atom is 0.315 e. The van der Waals surface area contributed by atoms with Crippen molar-refractivity contribution in [1.29, 1.82) is 0 Å². The Morgan fingerprint density at radius 3 is 2.74 bits per heavy atom. The van der Waals surface area contributed by atoms with E-state index in [1.54, 1.807) is 19.2 Å². The van der Waals surface area contributed by atoms with E-state index < -0.39 is 5.91 Å². The standard InChI is InChI=1S/C21H20N2O3S/c1-5-23-15-9-12(2)13(3)10-18(15)27-21(23)22-20(24)17-11-14-7-6-8-16(25-4)19(14)26-17/h6-11H,5H2,1-4H3. The van der Waals surface area contributed by atoms with Gasteiger partial charge in [0.1, 0.15) is 0 Å². The van der Waals surface area contributed by atoms with Crippen molar-refractivity contribution < 1.29 is 13.9 Å². The van der Waals surface area contributed by atoms with Crippen LogP contribution in [0.25, 0.3) is 21.2 Å². The van der Waals surface area contributed by atoms with Crippen molar-refractivity contribution in [2.45, 2.75) is 27.3 Å². The number of ether oxygens (including phenoxy) is 1. The Labute approximate surface area is 160 Å². The quantitative estimate of drug-likeness (QED) is 0.511. The molecule has 0 aliphatic heterocycles. The van der Waals surface area contributed by atoms with E-state index >= 15 is 0 Å². The second-order valence-electron chi connectivity index (χ2n) is 6.44. The van der Waals surface area contributed by atoms with Gasteiger partial charge in [-0.1, -0.05) is 23.5 Å². The highest BCUT2D eigenvalue weighted by Crippen LogP contribution is 2.29. The van der Waals surface area contributed by atoms with Crippen molar-refractivity contribution in [1.82, 2.24) is 4.57 Å². The van der Waals surface area contributed by atoms with E-state index in [0.717, 1.165) is 22.1 Å². The number of carbonyl (C=O) groups excluding carboxylic acids is 1. The Hall–Kier alpha value is -2.86. The van der Waals surface area contributed by atoms with Crippen molar-refractivity contribution in [2.75, 3.05) is 7.11 Å². The average Bonchev–Trinajstić information content (AvgIpc) is 3.23. The van der Waals surface area contributed by atoms with Crippen LogP contribution in [0, 0.1) is 13.8 Å². The highest BCUT2D eigenvalue weighted by molar-refractivity contribution is 7.16. The molecule has 0 saturated carbocycles. The number of aromatic nitrogens is 1. The molecule has 0 N–H and O–H groups in total. The maximum absolute atomic E-state index is 12.8. The molecule has 138 valence electrons. The number of methoxy groups -OCH3 is 1. The second-order valence-corrected chi connectivity index (χ2v) is 7.45. The molecule has 4 rings (SSSR count). The molecule has 0 unspecified atom stereocenters. The Balaban J connectivity index is 1.85. The maximum atomic E-state index is 12.8. The number of carbonyl (C=O) groups is 1. The number of furan rings is 1. The highest BCUT2D eigenvalue weighted by atomic mass is 32.1. The summed E-state index contributed by atoms with van der Waals surface area (Å²) < 4.78 is 14.2. The number of benzene rings is 2. The molecule has 0 aliphatic carbocycles. The van der Waals surface area contributed by atoms with E-state index in [2.05, 4.69) is 42.5 Å². The van der Waals surface area contributed by atoms with Crippen molar-refractivity contribution in [3.8, 4) is 5.75 Å². The summed E-state index contributed by atoms with van der Waals surface area (Å²) in [7, 11) is 1.58. The SMILES string of the molecule is CCn1c(=NC(=O)c2cc3cccc(OC)c3o2)sc2cc(C)c(C)cc21. The van der Waals surface area contributed by atoms with Gasteiger partial charge in [0, 0.05) is 11.9 Å². The fourth-order valence-electron chi connectivity index (χ4n) is 3.16. The molecule has 0 bridgehead atoms. The molecule has 0 atom stereocenters. The fourth-order valence-corrected chi connectivity index (χ4v) is 4.33. The third-order valence-corrected chi connectivity index (χ3v) is 5.79. The summed E-state index contributed by atoms with van der Waals surface area (Å²) in [4.78, 5) is 17.8. The molecule has 1 amide bonds. The molecule has 0 aliphatic rings. The Morgan fingerprint density at radius 2 is 2.00 bits per heavy atom. The third kappa shape index (κ3) is 2.96. The first kappa shape index (κ1) is 17.5. The number of fused-ring (bicyclic) bond motifs is 2. The molecule has 6 heteroatoms. The van der Waals surface area contributed by atoms with Gasteiger partial charge < -0.3 is 13.7 Å². The zero-order valence-electron chi connectivity index (χ0n) is 15.7. The first-order valence-electron chi connectivity index (χ1n) is 8.78. The van der Waals surface area contributed by atoms with Crippen LogP contribution in [0.15, 0.2) is 45.8 Å². The van der Waals surface area contributed by atoms with Crippen molar-refractivity contribution >= 4 is 38.4 Å². The smallest absolute Gasteiger partial charge is 0.315 e.